The van der Waals surface area contributed by atoms with Crippen molar-refractivity contribution in [3.63, 3.8) is 0 Å². The van der Waals surface area contributed by atoms with E-state index in [4.69, 9.17) is 14.1 Å². The van der Waals surface area contributed by atoms with Gasteiger partial charge in [-0.2, -0.15) is 0 Å². The molecule has 3 aromatic heterocycles. The number of furan rings is 1. The van der Waals surface area contributed by atoms with E-state index >= 15 is 0 Å². The van der Waals surface area contributed by atoms with Gasteiger partial charge in [0.25, 0.3) is 11.1 Å². The number of pyridine rings is 1. The minimum absolute atomic E-state index is 0.343. The summed E-state index contributed by atoms with van der Waals surface area (Å²) in [4.78, 5) is 39.4. The number of methoxy groups -OCH3 is 1. The van der Waals surface area contributed by atoms with E-state index < -0.39 is 0 Å². The number of nitrogens with one attached hydrogen (secondary N) is 2. The standard InChI is InChI=1S/C25H26N6O4S/c1-34-20-5-4-18(21-3-2-12-35-21)29-19(20)15-26-14-16-7-10-31(11-8-16)24-27-9-6-17(28-24)13-22-23(32)30-25(33)36-22/h2-6,9,12-13,16,26H,7-8,10-11,14-15H2,1H3,(H,30,32,33)/b22-13+. The summed E-state index contributed by atoms with van der Waals surface area (Å²) in [6.45, 7) is 3.16. The zero-order valence-corrected chi connectivity index (χ0v) is 20.6. The summed E-state index contributed by atoms with van der Waals surface area (Å²) in [7, 11) is 1.65. The van der Waals surface area contributed by atoms with E-state index in [9.17, 15) is 9.59 Å². The average Bonchev–Trinajstić information content (AvgIpc) is 3.54. The molecular weight excluding hydrogens is 480 g/mol. The Bertz CT molecular complexity index is 1270. The van der Waals surface area contributed by atoms with Gasteiger partial charge in [0.05, 0.1) is 29.7 Å². The third-order valence-corrected chi connectivity index (χ3v) is 6.94. The molecule has 2 fully saturated rings. The smallest absolute Gasteiger partial charge is 0.290 e. The number of imide groups is 1. The van der Waals surface area contributed by atoms with Gasteiger partial charge in [-0.05, 0) is 73.5 Å². The summed E-state index contributed by atoms with van der Waals surface area (Å²) in [5.41, 5.74) is 2.23. The summed E-state index contributed by atoms with van der Waals surface area (Å²) in [6.07, 6.45) is 6.95. The Kier molecular flexibility index (Phi) is 7.28. The second-order valence-electron chi connectivity index (χ2n) is 8.52. The van der Waals surface area contributed by atoms with Gasteiger partial charge in [-0.1, -0.05) is 0 Å². The van der Waals surface area contributed by atoms with Crippen molar-refractivity contribution in [2.24, 2.45) is 5.92 Å². The predicted octanol–water partition coefficient (Wildman–Crippen LogP) is 3.47. The lowest BCUT2D eigenvalue weighted by molar-refractivity contribution is -0.115. The summed E-state index contributed by atoms with van der Waals surface area (Å²) in [5.74, 6) is 2.24. The van der Waals surface area contributed by atoms with Crippen LogP contribution in [0, 0.1) is 5.92 Å². The Morgan fingerprint density at radius 1 is 1.22 bits per heavy atom. The van der Waals surface area contributed by atoms with Crippen LogP contribution in [0.15, 0.2) is 52.1 Å². The van der Waals surface area contributed by atoms with Crippen LogP contribution in [0.1, 0.15) is 24.2 Å². The lowest BCUT2D eigenvalue weighted by atomic mass is 9.97. The van der Waals surface area contributed by atoms with Crippen molar-refractivity contribution in [3.05, 3.63) is 59.1 Å². The fourth-order valence-corrected chi connectivity index (χ4v) is 4.91. The molecule has 0 bridgehead atoms. The minimum atomic E-state index is -0.390. The van der Waals surface area contributed by atoms with Gasteiger partial charge in [0.15, 0.2) is 5.76 Å². The van der Waals surface area contributed by atoms with E-state index in [1.54, 1.807) is 31.7 Å². The number of thioether (sulfide) groups is 1. The van der Waals surface area contributed by atoms with Crippen molar-refractivity contribution >= 4 is 34.9 Å². The maximum atomic E-state index is 11.8. The Balaban J connectivity index is 1.14. The SMILES string of the molecule is COc1ccc(-c2ccco2)nc1CNCC1CCN(c2nccc(/C=C3/SC(=O)NC3=O)n2)CC1. The fourth-order valence-electron chi connectivity index (χ4n) is 4.24. The van der Waals surface area contributed by atoms with Gasteiger partial charge in [-0.25, -0.2) is 15.0 Å². The molecule has 5 rings (SSSR count). The number of ether oxygens (including phenoxy) is 1. The summed E-state index contributed by atoms with van der Waals surface area (Å²) >= 11 is 0.882. The molecule has 0 unspecified atom stereocenters. The summed E-state index contributed by atoms with van der Waals surface area (Å²) < 4.78 is 11.0. The molecule has 0 spiro atoms. The van der Waals surface area contributed by atoms with Gasteiger partial charge in [-0.3, -0.25) is 14.9 Å². The number of anilines is 1. The Hall–Kier alpha value is -3.70. The second kappa shape index (κ2) is 10.9. The molecule has 2 aliphatic rings. The maximum Gasteiger partial charge on any atom is 0.290 e. The minimum Gasteiger partial charge on any atom is -0.495 e. The lowest BCUT2D eigenvalue weighted by Gasteiger charge is -2.32. The zero-order chi connectivity index (χ0) is 24.9. The molecule has 186 valence electrons. The Morgan fingerprint density at radius 2 is 2.08 bits per heavy atom. The van der Waals surface area contributed by atoms with Crippen LogP contribution in [0.25, 0.3) is 17.5 Å². The quantitative estimate of drug-likeness (QED) is 0.439. The first-order valence-electron chi connectivity index (χ1n) is 11.7. The lowest BCUT2D eigenvalue weighted by Crippen LogP contribution is -2.38. The van der Waals surface area contributed by atoms with Gasteiger partial charge in [0.2, 0.25) is 5.95 Å². The van der Waals surface area contributed by atoms with Crippen LogP contribution in [-0.2, 0) is 11.3 Å². The number of hydrogen-bond donors (Lipinski definition) is 2. The van der Waals surface area contributed by atoms with E-state index in [1.165, 1.54) is 0 Å². The van der Waals surface area contributed by atoms with E-state index in [-0.39, 0.29) is 11.1 Å². The van der Waals surface area contributed by atoms with Crippen LogP contribution in [0.5, 0.6) is 5.75 Å². The number of hydrogen-bond acceptors (Lipinski definition) is 10. The molecule has 2 aliphatic heterocycles. The van der Waals surface area contributed by atoms with Gasteiger partial charge in [0.1, 0.15) is 11.4 Å². The molecule has 0 aliphatic carbocycles. The number of rotatable bonds is 8. The van der Waals surface area contributed by atoms with Gasteiger partial charge in [-0.15, -0.1) is 0 Å². The molecule has 10 nitrogen and oxygen atoms in total. The molecule has 5 heterocycles. The number of carbonyl (C=O) groups is 2. The topological polar surface area (TPSA) is 122 Å². The molecule has 11 heteroatoms. The molecule has 36 heavy (non-hydrogen) atoms. The number of piperidine rings is 1. The van der Waals surface area contributed by atoms with Crippen molar-refractivity contribution in [3.8, 4) is 17.2 Å². The molecule has 0 saturated carbocycles. The van der Waals surface area contributed by atoms with Crippen molar-refractivity contribution in [2.45, 2.75) is 19.4 Å². The molecular formula is C25H26N6O4S. The van der Waals surface area contributed by atoms with Crippen LogP contribution in [0.3, 0.4) is 0 Å². The largest absolute Gasteiger partial charge is 0.495 e. The van der Waals surface area contributed by atoms with Crippen molar-refractivity contribution in [1.82, 2.24) is 25.6 Å². The normalized spacial score (nSPS) is 17.6. The zero-order valence-electron chi connectivity index (χ0n) is 19.8. The van der Waals surface area contributed by atoms with Crippen molar-refractivity contribution < 1.29 is 18.7 Å². The highest BCUT2D eigenvalue weighted by Crippen LogP contribution is 2.27. The highest BCUT2D eigenvalue weighted by atomic mass is 32.2. The molecule has 3 aromatic rings. The van der Waals surface area contributed by atoms with E-state index in [0.29, 0.717) is 29.0 Å². The van der Waals surface area contributed by atoms with E-state index in [1.807, 2.05) is 24.3 Å². The number of amides is 2. The average molecular weight is 507 g/mol. The molecule has 0 aromatic carbocycles. The third-order valence-electron chi connectivity index (χ3n) is 6.13. The van der Waals surface area contributed by atoms with Crippen LogP contribution >= 0.6 is 11.8 Å². The Morgan fingerprint density at radius 3 is 2.81 bits per heavy atom. The monoisotopic (exact) mass is 506 g/mol. The first-order valence-corrected chi connectivity index (χ1v) is 12.5. The molecule has 0 atom stereocenters. The fraction of sp³-hybridized carbons (Fsp3) is 0.320. The van der Waals surface area contributed by atoms with Gasteiger partial charge in [0, 0.05) is 25.8 Å². The van der Waals surface area contributed by atoms with Crippen LogP contribution < -0.4 is 20.3 Å². The first kappa shape index (κ1) is 24.0. The first-order chi connectivity index (χ1) is 17.6. The summed E-state index contributed by atoms with van der Waals surface area (Å²) in [5, 5.41) is 5.42. The van der Waals surface area contributed by atoms with Gasteiger partial charge < -0.3 is 19.4 Å². The van der Waals surface area contributed by atoms with Crippen molar-refractivity contribution in [2.75, 3.05) is 31.6 Å². The molecule has 2 saturated heterocycles. The third kappa shape index (κ3) is 5.58. The van der Waals surface area contributed by atoms with E-state index in [2.05, 4.69) is 25.5 Å². The number of nitrogens with zero attached hydrogens (tertiary/aromatic N) is 4. The van der Waals surface area contributed by atoms with Crippen molar-refractivity contribution in [1.29, 1.82) is 0 Å². The van der Waals surface area contributed by atoms with Crippen LogP contribution in [0.2, 0.25) is 0 Å². The summed E-state index contributed by atoms with van der Waals surface area (Å²) in [6, 6.07) is 9.28. The molecule has 0 radical (unpaired) electrons. The molecule has 2 amide bonds. The highest BCUT2D eigenvalue weighted by molar-refractivity contribution is 8.18. The number of aromatic nitrogens is 3. The van der Waals surface area contributed by atoms with Crippen LogP contribution in [0.4, 0.5) is 10.7 Å². The predicted molar refractivity (Wildman–Crippen MR) is 136 cm³/mol. The number of carbonyl (C=O) groups excluding carboxylic acids is 2. The highest BCUT2D eigenvalue weighted by Gasteiger charge is 2.26. The second-order valence-corrected chi connectivity index (χ2v) is 9.53. The van der Waals surface area contributed by atoms with Gasteiger partial charge >= 0.3 is 0 Å². The Labute approximate surface area is 212 Å². The van der Waals surface area contributed by atoms with Crippen LogP contribution in [-0.4, -0.2) is 52.8 Å². The molecule has 2 N–H and O–H groups in total. The van der Waals surface area contributed by atoms with E-state index in [0.717, 1.165) is 67.1 Å². The maximum absolute atomic E-state index is 11.8.